The first-order chi connectivity index (χ1) is 12.4. The van der Waals surface area contributed by atoms with Gasteiger partial charge in [-0.25, -0.2) is 0 Å². The molecule has 1 aromatic carbocycles. The van der Waals surface area contributed by atoms with E-state index in [0.717, 1.165) is 38.1 Å². The van der Waals surface area contributed by atoms with E-state index in [0.29, 0.717) is 13.2 Å². The molecule has 1 aromatic rings. The lowest BCUT2D eigenvalue weighted by molar-refractivity contribution is -0.180. The van der Waals surface area contributed by atoms with Crippen molar-refractivity contribution in [3.05, 3.63) is 29.3 Å². The number of fused-ring (bicyclic) bond motifs is 1. The summed E-state index contributed by atoms with van der Waals surface area (Å²) in [5.41, 5.74) is 2.45. The summed E-state index contributed by atoms with van der Waals surface area (Å²) in [5, 5.41) is 10.0. The van der Waals surface area contributed by atoms with Gasteiger partial charge in [0.15, 0.2) is 6.29 Å². The summed E-state index contributed by atoms with van der Waals surface area (Å²) in [4.78, 5) is 2.31. The van der Waals surface area contributed by atoms with E-state index in [1.54, 1.807) is 0 Å². The maximum atomic E-state index is 10.0. The van der Waals surface area contributed by atoms with Gasteiger partial charge < -0.3 is 24.2 Å². The summed E-state index contributed by atoms with van der Waals surface area (Å²) >= 11 is 0. The van der Waals surface area contributed by atoms with Crippen molar-refractivity contribution in [2.45, 2.75) is 65.6 Å². The zero-order valence-electron chi connectivity index (χ0n) is 17.0. The molecule has 0 fully saturated rings. The van der Waals surface area contributed by atoms with Gasteiger partial charge in [0.1, 0.15) is 5.75 Å². The predicted molar refractivity (Wildman–Crippen MR) is 103 cm³/mol. The van der Waals surface area contributed by atoms with Crippen molar-refractivity contribution in [3.63, 3.8) is 0 Å². The first-order valence-electron chi connectivity index (χ1n) is 9.78. The molecule has 5 heteroatoms. The third kappa shape index (κ3) is 5.95. The number of nitrogens with zero attached hydrogens (tertiary/aromatic N) is 1. The molecule has 0 bridgehead atoms. The smallest absolute Gasteiger partial charge is 0.205 e. The molecule has 1 aliphatic rings. The van der Waals surface area contributed by atoms with Crippen molar-refractivity contribution >= 4 is 0 Å². The van der Waals surface area contributed by atoms with E-state index in [-0.39, 0.29) is 5.92 Å². The van der Waals surface area contributed by atoms with Gasteiger partial charge in [-0.1, -0.05) is 19.1 Å². The van der Waals surface area contributed by atoms with Gasteiger partial charge in [0.2, 0.25) is 5.79 Å². The number of rotatable bonds is 10. The molecule has 1 heterocycles. The second-order valence-corrected chi connectivity index (χ2v) is 7.54. The monoisotopic (exact) mass is 365 g/mol. The Morgan fingerprint density at radius 3 is 2.73 bits per heavy atom. The summed E-state index contributed by atoms with van der Waals surface area (Å²) in [6.45, 7) is 10.9. The molecule has 0 spiro atoms. The second-order valence-electron chi connectivity index (χ2n) is 7.54. The first kappa shape index (κ1) is 21.2. The standard InChI is InChI=1S/C21H35NO4/c1-6-16(20(23)24-7-2)11-13-22(5)14-12-17-9-8-10-19-18(17)15-25-21(3,4)26-19/h8-10,16,20,23H,6-7,11-15H2,1-5H3. The maximum Gasteiger partial charge on any atom is 0.205 e. The predicted octanol–water partition coefficient (Wildman–Crippen LogP) is 3.58. The number of hydrogen-bond acceptors (Lipinski definition) is 5. The molecule has 1 N–H and O–H groups in total. The van der Waals surface area contributed by atoms with Crippen molar-refractivity contribution < 1.29 is 19.3 Å². The summed E-state index contributed by atoms with van der Waals surface area (Å²) in [6, 6.07) is 6.24. The lowest BCUT2D eigenvalue weighted by atomic mass is 10.0. The summed E-state index contributed by atoms with van der Waals surface area (Å²) < 4.78 is 17.1. The Morgan fingerprint density at radius 1 is 1.27 bits per heavy atom. The Morgan fingerprint density at radius 2 is 2.04 bits per heavy atom. The highest BCUT2D eigenvalue weighted by Gasteiger charge is 2.28. The molecule has 0 amide bonds. The lowest BCUT2D eigenvalue weighted by Gasteiger charge is -2.33. The van der Waals surface area contributed by atoms with E-state index in [1.807, 2.05) is 26.8 Å². The molecule has 0 aliphatic carbocycles. The van der Waals surface area contributed by atoms with Crippen LogP contribution < -0.4 is 4.74 Å². The molecular weight excluding hydrogens is 330 g/mol. The molecule has 0 saturated heterocycles. The number of likely N-dealkylation sites (N-methyl/N-ethyl adjacent to an activating group) is 1. The van der Waals surface area contributed by atoms with Crippen molar-refractivity contribution in [2.75, 3.05) is 26.7 Å². The van der Waals surface area contributed by atoms with Gasteiger partial charge in [0.25, 0.3) is 0 Å². The van der Waals surface area contributed by atoms with Gasteiger partial charge in [0, 0.05) is 38.5 Å². The van der Waals surface area contributed by atoms with Crippen LogP contribution in [-0.2, 0) is 22.5 Å². The van der Waals surface area contributed by atoms with Crippen LogP contribution in [0.3, 0.4) is 0 Å². The Labute approximate surface area is 158 Å². The normalized spacial score (nSPS) is 18.3. The quantitative estimate of drug-likeness (QED) is 0.642. The van der Waals surface area contributed by atoms with Gasteiger partial charge in [-0.15, -0.1) is 0 Å². The van der Waals surface area contributed by atoms with Crippen LogP contribution in [0.1, 0.15) is 51.7 Å². The van der Waals surface area contributed by atoms with E-state index >= 15 is 0 Å². The van der Waals surface area contributed by atoms with Gasteiger partial charge in [-0.3, -0.25) is 0 Å². The minimum Gasteiger partial charge on any atom is -0.463 e. The molecule has 0 saturated carbocycles. The maximum absolute atomic E-state index is 10.0. The molecule has 148 valence electrons. The number of aliphatic hydroxyl groups is 1. The number of benzene rings is 1. The Hall–Kier alpha value is -1.14. The summed E-state index contributed by atoms with van der Waals surface area (Å²) in [5.74, 6) is 0.567. The largest absolute Gasteiger partial charge is 0.463 e. The van der Waals surface area contributed by atoms with Crippen LogP contribution >= 0.6 is 0 Å². The minimum atomic E-state index is -0.655. The van der Waals surface area contributed by atoms with Crippen LogP contribution in [0, 0.1) is 5.92 Å². The van der Waals surface area contributed by atoms with Crippen molar-refractivity contribution in [2.24, 2.45) is 5.92 Å². The lowest BCUT2D eigenvalue weighted by Crippen LogP contribution is -2.36. The fourth-order valence-corrected chi connectivity index (χ4v) is 3.31. The fraction of sp³-hybridized carbons (Fsp3) is 0.714. The van der Waals surface area contributed by atoms with E-state index in [4.69, 9.17) is 14.2 Å². The molecule has 2 unspecified atom stereocenters. The SMILES string of the molecule is CCOC(O)C(CC)CCN(C)CCc1cccc2c1COC(C)(C)O2. The molecule has 2 rings (SSSR count). The van der Waals surface area contributed by atoms with Gasteiger partial charge in [0.05, 0.1) is 6.61 Å². The van der Waals surface area contributed by atoms with Gasteiger partial charge >= 0.3 is 0 Å². The fourth-order valence-electron chi connectivity index (χ4n) is 3.31. The summed E-state index contributed by atoms with van der Waals surface area (Å²) in [7, 11) is 2.13. The van der Waals surface area contributed by atoms with Crippen LogP contribution in [0.25, 0.3) is 0 Å². The molecule has 0 aromatic heterocycles. The molecular formula is C21H35NO4. The average molecular weight is 366 g/mol. The van der Waals surface area contributed by atoms with Crippen LogP contribution in [0.2, 0.25) is 0 Å². The molecule has 1 aliphatic heterocycles. The van der Waals surface area contributed by atoms with E-state index in [2.05, 4.69) is 31.0 Å². The zero-order chi connectivity index (χ0) is 19.2. The summed E-state index contributed by atoms with van der Waals surface area (Å²) in [6.07, 6.45) is 2.15. The highest BCUT2D eigenvalue weighted by atomic mass is 16.7. The number of aliphatic hydroxyl groups excluding tert-OH is 1. The van der Waals surface area contributed by atoms with Crippen molar-refractivity contribution in [1.82, 2.24) is 4.90 Å². The zero-order valence-corrected chi connectivity index (χ0v) is 17.0. The van der Waals surface area contributed by atoms with Crippen LogP contribution in [0.4, 0.5) is 0 Å². The van der Waals surface area contributed by atoms with Crippen molar-refractivity contribution in [3.8, 4) is 5.75 Å². The molecule has 5 nitrogen and oxygen atoms in total. The van der Waals surface area contributed by atoms with E-state index < -0.39 is 12.1 Å². The van der Waals surface area contributed by atoms with Gasteiger partial charge in [-0.05, 0) is 51.4 Å². The minimum absolute atomic E-state index is 0.186. The topological polar surface area (TPSA) is 51.2 Å². The van der Waals surface area contributed by atoms with Gasteiger partial charge in [-0.2, -0.15) is 0 Å². The van der Waals surface area contributed by atoms with Crippen LogP contribution in [-0.4, -0.2) is 48.8 Å². The molecule has 0 radical (unpaired) electrons. The first-order valence-corrected chi connectivity index (χ1v) is 9.78. The number of hydrogen-bond donors (Lipinski definition) is 1. The molecule has 2 atom stereocenters. The van der Waals surface area contributed by atoms with Crippen LogP contribution in [0.5, 0.6) is 5.75 Å². The highest BCUT2D eigenvalue weighted by Crippen LogP contribution is 2.33. The Kier molecular flexibility index (Phi) is 7.89. The highest BCUT2D eigenvalue weighted by molar-refractivity contribution is 5.41. The second kappa shape index (κ2) is 9.70. The van der Waals surface area contributed by atoms with E-state index in [1.165, 1.54) is 11.1 Å². The Balaban J connectivity index is 1.85. The van der Waals surface area contributed by atoms with E-state index in [9.17, 15) is 5.11 Å². The average Bonchev–Trinajstić information content (AvgIpc) is 2.59. The third-order valence-corrected chi connectivity index (χ3v) is 5.06. The molecule has 26 heavy (non-hydrogen) atoms. The van der Waals surface area contributed by atoms with Crippen LogP contribution in [0.15, 0.2) is 18.2 Å². The third-order valence-electron chi connectivity index (χ3n) is 5.06. The Bertz CT molecular complexity index is 561. The van der Waals surface area contributed by atoms with Crippen molar-refractivity contribution in [1.29, 1.82) is 0 Å². The number of ether oxygens (including phenoxy) is 3.